The lowest BCUT2D eigenvalue weighted by atomic mass is 10.3. The Morgan fingerprint density at radius 3 is 2.82 bits per heavy atom. The van der Waals surface area contributed by atoms with Gasteiger partial charge in [-0.25, -0.2) is 4.79 Å². The van der Waals surface area contributed by atoms with Gasteiger partial charge in [0.1, 0.15) is 0 Å². The van der Waals surface area contributed by atoms with E-state index in [0.717, 1.165) is 0 Å². The molecule has 0 aliphatic rings. The van der Waals surface area contributed by atoms with Crippen LogP contribution in [0.1, 0.15) is 13.8 Å². The summed E-state index contributed by atoms with van der Waals surface area (Å²) >= 11 is 0. The van der Waals surface area contributed by atoms with Crippen molar-refractivity contribution in [3.63, 3.8) is 0 Å². The van der Waals surface area contributed by atoms with E-state index in [1.54, 1.807) is 26.0 Å². The Hall–Kier alpha value is -1.27. The number of allylic oxidation sites excluding steroid dienone is 1. The van der Waals surface area contributed by atoms with Gasteiger partial charge in [0.25, 0.3) is 0 Å². The minimum Gasteiger partial charge on any atom is -0.462 e. The third kappa shape index (κ3) is 4.18. The number of hydrogen-bond donors (Lipinski definition) is 0. The van der Waals surface area contributed by atoms with Crippen LogP contribution in [0.5, 0.6) is 0 Å². The van der Waals surface area contributed by atoms with Crippen molar-refractivity contribution in [2.24, 2.45) is 0 Å². The molecule has 11 heavy (non-hydrogen) atoms. The molecule has 0 radical (unpaired) electrons. The molecule has 0 spiro atoms. The van der Waals surface area contributed by atoms with Crippen molar-refractivity contribution in [2.75, 3.05) is 6.61 Å². The van der Waals surface area contributed by atoms with Crippen molar-refractivity contribution in [1.29, 1.82) is 0 Å². The van der Waals surface area contributed by atoms with Crippen molar-refractivity contribution in [3.05, 3.63) is 30.0 Å². The van der Waals surface area contributed by atoms with E-state index in [2.05, 4.69) is 12.3 Å². The molecule has 0 bridgehead atoms. The second kappa shape index (κ2) is 5.51. The summed E-state index contributed by atoms with van der Waals surface area (Å²) in [6, 6.07) is 0. The van der Waals surface area contributed by atoms with Crippen LogP contribution in [-0.4, -0.2) is 12.6 Å². The molecule has 0 aromatic carbocycles. The number of ether oxygens (including phenoxy) is 1. The van der Waals surface area contributed by atoms with E-state index >= 15 is 0 Å². The molecule has 0 saturated heterocycles. The highest BCUT2D eigenvalue weighted by Gasteiger charge is 2.01. The van der Waals surface area contributed by atoms with E-state index in [-0.39, 0.29) is 5.97 Å². The standard InChI is InChI=1S/C9H12O2/c1-4-6-7-8(3)9(10)11-5-2/h4,6H,1,5H2,2-3H3. The SMILES string of the molecule is C=CC=C=C(C)C(=O)OCC. The number of carbonyl (C=O) groups is 1. The van der Waals surface area contributed by atoms with Crippen LogP contribution in [-0.2, 0) is 9.53 Å². The highest BCUT2D eigenvalue weighted by atomic mass is 16.5. The van der Waals surface area contributed by atoms with Crippen molar-refractivity contribution in [2.45, 2.75) is 13.8 Å². The van der Waals surface area contributed by atoms with Gasteiger partial charge in [-0.15, -0.1) is 5.73 Å². The fourth-order valence-corrected chi connectivity index (χ4v) is 0.482. The van der Waals surface area contributed by atoms with Crippen molar-refractivity contribution in [1.82, 2.24) is 0 Å². The van der Waals surface area contributed by atoms with Gasteiger partial charge in [0.15, 0.2) is 0 Å². The first-order valence-corrected chi connectivity index (χ1v) is 3.43. The van der Waals surface area contributed by atoms with Crippen LogP contribution in [0.15, 0.2) is 30.0 Å². The maximum atomic E-state index is 10.9. The number of carbonyl (C=O) groups excluding carboxylic acids is 1. The lowest BCUT2D eigenvalue weighted by Gasteiger charge is -1.96. The molecule has 0 rings (SSSR count). The number of hydrogen-bond acceptors (Lipinski definition) is 2. The molecular weight excluding hydrogens is 140 g/mol. The fourth-order valence-electron chi connectivity index (χ4n) is 0.482. The molecule has 0 amide bonds. The summed E-state index contributed by atoms with van der Waals surface area (Å²) in [5, 5.41) is 0. The lowest BCUT2D eigenvalue weighted by molar-refractivity contribution is -0.138. The van der Waals surface area contributed by atoms with E-state index in [1.807, 2.05) is 0 Å². The second-order valence-corrected chi connectivity index (χ2v) is 1.89. The van der Waals surface area contributed by atoms with Gasteiger partial charge in [-0.05, 0) is 19.9 Å². The summed E-state index contributed by atoms with van der Waals surface area (Å²) in [6.07, 6.45) is 3.13. The number of rotatable bonds is 3. The average Bonchev–Trinajstić information content (AvgIpc) is 2.00. The van der Waals surface area contributed by atoms with E-state index < -0.39 is 0 Å². The molecule has 0 aliphatic carbocycles. The third-order valence-electron chi connectivity index (χ3n) is 0.999. The van der Waals surface area contributed by atoms with E-state index in [4.69, 9.17) is 4.74 Å². The summed E-state index contributed by atoms with van der Waals surface area (Å²) in [7, 11) is 0. The van der Waals surface area contributed by atoms with Gasteiger partial charge in [-0.3, -0.25) is 0 Å². The first-order chi connectivity index (χ1) is 5.22. The zero-order chi connectivity index (χ0) is 8.69. The minimum atomic E-state index is -0.328. The Kier molecular flexibility index (Phi) is 4.87. The Bertz CT molecular complexity index is 208. The van der Waals surface area contributed by atoms with Gasteiger partial charge in [-0.1, -0.05) is 12.7 Å². The van der Waals surface area contributed by atoms with Crippen molar-refractivity contribution >= 4 is 5.97 Å². The lowest BCUT2D eigenvalue weighted by Crippen LogP contribution is -2.03. The Labute approximate surface area is 66.9 Å². The summed E-state index contributed by atoms with van der Waals surface area (Å²) in [5.74, 6) is -0.328. The van der Waals surface area contributed by atoms with Gasteiger partial charge in [-0.2, -0.15) is 0 Å². The van der Waals surface area contributed by atoms with Crippen LogP contribution < -0.4 is 0 Å². The Morgan fingerprint density at radius 2 is 2.36 bits per heavy atom. The molecule has 2 nitrogen and oxygen atoms in total. The molecule has 0 aliphatic heterocycles. The molecule has 0 fully saturated rings. The predicted octanol–water partition coefficient (Wildman–Crippen LogP) is 1.84. The molecule has 0 aromatic rings. The monoisotopic (exact) mass is 152 g/mol. The van der Waals surface area contributed by atoms with Gasteiger partial charge in [0.05, 0.1) is 12.2 Å². The molecule has 0 aromatic heterocycles. The van der Waals surface area contributed by atoms with E-state index in [1.165, 1.54) is 0 Å². The maximum Gasteiger partial charge on any atom is 0.341 e. The third-order valence-corrected chi connectivity index (χ3v) is 0.999. The molecule has 60 valence electrons. The highest BCUT2D eigenvalue weighted by Crippen LogP contribution is 1.93. The van der Waals surface area contributed by atoms with Crippen molar-refractivity contribution in [3.8, 4) is 0 Å². The first-order valence-electron chi connectivity index (χ1n) is 3.43. The topological polar surface area (TPSA) is 26.3 Å². The van der Waals surface area contributed by atoms with Crippen LogP contribution in [0, 0.1) is 0 Å². The summed E-state index contributed by atoms with van der Waals surface area (Å²) in [6.45, 7) is 7.27. The van der Waals surface area contributed by atoms with Crippen LogP contribution >= 0.6 is 0 Å². The smallest absolute Gasteiger partial charge is 0.341 e. The quantitative estimate of drug-likeness (QED) is 0.267. The summed E-state index contributed by atoms with van der Waals surface area (Å²) in [4.78, 5) is 10.9. The van der Waals surface area contributed by atoms with Crippen LogP contribution in [0.4, 0.5) is 0 Å². The molecule has 0 N–H and O–H groups in total. The highest BCUT2D eigenvalue weighted by molar-refractivity contribution is 5.87. The first kappa shape index (κ1) is 9.73. The fraction of sp³-hybridized carbons (Fsp3) is 0.333. The van der Waals surface area contributed by atoms with Gasteiger partial charge < -0.3 is 4.74 Å². The van der Waals surface area contributed by atoms with Gasteiger partial charge in [0.2, 0.25) is 0 Å². The second-order valence-electron chi connectivity index (χ2n) is 1.89. The van der Waals surface area contributed by atoms with Crippen LogP contribution in [0.25, 0.3) is 0 Å². The summed E-state index contributed by atoms with van der Waals surface area (Å²) < 4.78 is 4.71. The normalized spacial score (nSPS) is 7.82. The Balaban J connectivity index is 4.22. The van der Waals surface area contributed by atoms with Crippen LogP contribution in [0.2, 0.25) is 0 Å². The zero-order valence-corrected chi connectivity index (χ0v) is 6.89. The molecule has 0 unspecified atom stereocenters. The van der Waals surface area contributed by atoms with E-state index in [0.29, 0.717) is 12.2 Å². The maximum absolute atomic E-state index is 10.9. The molecule has 0 atom stereocenters. The predicted molar refractivity (Wildman–Crippen MR) is 44.1 cm³/mol. The van der Waals surface area contributed by atoms with Crippen molar-refractivity contribution < 1.29 is 9.53 Å². The van der Waals surface area contributed by atoms with Crippen LogP contribution in [0.3, 0.4) is 0 Å². The molecule has 0 saturated carbocycles. The average molecular weight is 152 g/mol. The Morgan fingerprint density at radius 1 is 1.73 bits per heavy atom. The largest absolute Gasteiger partial charge is 0.462 e. The summed E-state index contributed by atoms with van der Waals surface area (Å²) in [5.41, 5.74) is 3.18. The zero-order valence-electron chi connectivity index (χ0n) is 6.89. The molecular formula is C9H12O2. The number of esters is 1. The van der Waals surface area contributed by atoms with Gasteiger partial charge in [0, 0.05) is 0 Å². The molecule has 0 heterocycles. The molecule has 2 heteroatoms. The van der Waals surface area contributed by atoms with Gasteiger partial charge >= 0.3 is 5.97 Å². The van der Waals surface area contributed by atoms with E-state index in [9.17, 15) is 4.79 Å². The minimum absolute atomic E-state index is 0.328.